The van der Waals surface area contributed by atoms with Crippen LogP contribution in [0.3, 0.4) is 0 Å². The Morgan fingerprint density at radius 3 is 2.12 bits per heavy atom. The molecule has 0 aliphatic heterocycles. The number of hydrogen-bond donors (Lipinski definition) is 1. The molecule has 0 aliphatic carbocycles. The fourth-order valence-corrected chi connectivity index (χ4v) is 0.511. The summed E-state index contributed by atoms with van der Waals surface area (Å²) >= 11 is 2.61. The molecule has 1 N–H and O–H groups in total. The Bertz CT molecular complexity index is 67.1. The smallest absolute Gasteiger partial charge is 0.259 e. The maximum atomic E-state index is 11.9. The van der Waals surface area contributed by atoms with Crippen molar-refractivity contribution in [3.8, 4) is 0 Å². The fraction of sp³-hybridized carbons (Fsp3) is 1.00. The van der Waals surface area contributed by atoms with E-state index in [4.69, 9.17) is 5.11 Å². The molecule has 8 heavy (non-hydrogen) atoms. The molecular weight excluding hydrogens is 182 g/mol. The van der Waals surface area contributed by atoms with E-state index in [1.807, 2.05) is 0 Å². The summed E-state index contributed by atoms with van der Waals surface area (Å²) in [4.78, 5) is 0. The van der Waals surface area contributed by atoms with E-state index in [2.05, 4.69) is 15.9 Å². The number of rotatable bonds is 3. The Morgan fingerprint density at radius 2 is 2.00 bits per heavy atom. The van der Waals surface area contributed by atoms with Crippen LogP contribution in [-0.4, -0.2) is 23.0 Å². The van der Waals surface area contributed by atoms with Gasteiger partial charge in [-0.2, -0.15) is 0 Å². The number of alkyl halides is 3. The van der Waals surface area contributed by atoms with Gasteiger partial charge < -0.3 is 5.11 Å². The second-order valence-corrected chi connectivity index (χ2v) is 2.02. The maximum Gasteiger partial charge on any atom is 0.259 e. The average Bonchev–Trinajstić information content (AvgIpc) is 1.67. The zero-order valence-corrected chi connectivity index (χ0v) is 5.79. The molecule has 0 atom stereocenters. The molecule has 0 bridgehead atoms. The van der Waals surface area contributed by atoms with Crippen molar-refractivity contribution in [2.45, 2.75) is 12.3 Å². The lowest BCUT2D eigenvalue weighted by Gasteiger charge is -2.09. The summed E-state index contributed by atoms with van der Waals surface area (Å²) in [5.41, 5.74) is 0. The van der Waals surface area contributed by atoms with E-state index in [1.54, 1.807) is 0 Å². The van der Waals surface area contributed by atoms with Crippen LogP contribution in [0.25, 0.3) is 0 Å². The quantitative estimate of drug-likeness (QED) is 0.665. The second kappa shape index (κ2) is 3.35. The van der Waals surface area contributed by atoms with Crippen molar-refractivity contribution in [2.24, 2.45) is 0 Å². The molecular formula is C4H7BrF2O. The van der Waals surface area contributed by atoms with Crippen LogP contribution in [0.15, 0.2) is 0 Å². The topological polar surface area (TPSA) is 20.2 Å². The van der Waals surface area contributed by atoms with Crippen molar-refractivity contribution in [2.75, 3.05) is 11.9 Å². The monoisotopic (exact) mass is 188 g/mol. The molecule has 0 aliphatic rings. The summed E-state index contributed by atoms with van der Waals surface area (Å²) in [6, 6.07) is 0. The highest BCUT2D eigenvalue weighted by atomic mass is 79.9. The van der Waals surface area contributed by atoms with Crippen molar-refractivity contribution in [1.29, 1.82) is 0 Å². The Morgan fingerprint density at radius 1 is 1.50 bits per heavy atom. The second-order valence-electron chi connectivity index (χ2n) is 1.46. The van der Waals surface area contributed by atoms with E-state index in [9.17, 15) is 8.78 Å². The van der Waals surface area contributed by atoms with Gasteiger partial charge in [-0.15, -0.1) is 0 Å². The van der Waals surface area contributed by atoms with Gasteiger partial charge in [0.2, 0.25) is 0 Å². The van der Waals surface area contributed by atoms with Gasteiger partial charge in [0.25, 0.3) is 5.92 Å². The molecule has 0 fully saturated rings. The molecule has 0 spiro atoms. The van der Waals surface area contributed by atoms with Gasteiger partial charge in [-0.05, 0) is 0 Å². The van der Waals surface area contributed by atoms with Crippen molar-refractivity contribution in [1.82, 2.24) is 0 Å². The number of aliphatic hydroxyl groups is 1. The first-order chi connectivity index (χ1) is 3.62. The normalized spacial score (nSPS) is 12.0. The molecule has 0 saturated carbocycles. The largest absolute Gasteiger partial charge is 0.396 e. The minimum Gasteiger partial charge on any atom is -0.396 e. The SMILES string of the molecule is OCCC(F)(F)CBr. The van der Waals surface area contributed by atoms with Gasteiger partial charge in [0.15, 0.2) is 0 Å². The first kappa shape index (κ1) is 8.30. The molecule has 0 rings (SSSR count). The van der Waals surface area contributed by atoms with Gasteiger partial charge in [-0.1, -0.05) is 15.9 Å². The van der Waals surface area contributed by atoms with Gasteiger partial charge in [-0.25, -0.2) is 8.78 Å². The molecule has 0 aromatic heterocycles. The zero-order chi connectivity index (χ0) is 6.62. The number of halogens is 3. The Kier molecular flexibility index (Phi) is 3.48. The molecule has 0 unspecified atom stereocenters. The molecule has 1 nitrogen and oxygen atoms in total. The average molecular weight is 189 g/mol. The van der Waals surface area contributed by atoms with Crippen LogP contribution in [0.4, 0.5) is 8.78 Å². The van der Waals surface area contributed by atoms with E-state index in [0.717, 1.165) is 0 Å². The highest BCUT2D eigenvalue weighted by molar-refractivity contribution is 9.09. The Labute approximate surface area is 54.8 Å². The standard InChI is InChI=1S/C4H7BrF2O/c5-3-4(6,7)1-2-8/h8H,1-3H2. The third-order valence-corrected chi connectivity index (χ3v) is 1.49. The summed E-state index contributed by atoms with van der Waals surface area (Å²) in [6.45, 7) is -0.460. The lowest BCUT2D eigenvalue weighted by Crippen LogP contribution is -2.18. The molecule has 0 amide bonds. The van der Waals surface area contributed by atoms with Crippen LogP contribution >= 0.6 is 15.9 Å². The Hall–Kier alpha value is 0.300. The van der Waals surface area contributed by atoms with Crippen LogP contribution in [-0.2, 0) is 0 Å². The van der Waals surface area contributed by atoms with Crippen molar-refractivity contribution in [3.05, 3.63) is 0 Å². The van der Waals surface area contributed by atoms with Crippen LogP contribution in [0.1, 0.15) is 6.42 Å². The minimum absolute atomic E-state index is 0.374. The molecule has 0 saturated heterocycles. The van der Waals surface area contributed by atoms with Crippen LogP contribution in [0.2, 0.25) is 0 Å². The van der Waals surface area contributed by atoms with Crippen molar-refractivity contribution >= 4 is 15.9 Å². The third-order valence-electron chi connectivity index (χ3n) is 0.673. The summed E-state index contributed by atoms with van der Waals surface area (Å²) in [7, 11) is 0. The van der Waals surface area contributed by atoms with Gasteiger partial charge >= 0.3 is 0 Å². The van der Waals surface area contributed by atoms with E-state index in [-0.39, 0.29) is 5.33 Å². The zero-order valence-electron chi connectivity index (χ0n) is 4.20. The van der Waals surface area contributed by atoms with Gasteiger partial charge in [-0.3, -0.25) is 0 Å². The van der Waals surface area contributed by atoms with Crippen LogP contribution in [0, 0.1) is 0 Å². The van der Waals surface area contributed by atoms with Crippen molar-refractivity contribution in [3.63, 3.8) is 0 Å². The molecule has 50 valence electrons. The predicted octanol–water partition coefficient (Wildman–Crippen LogP) is 1.40. The summed E-state index contributed by atoms with van der Waals surface area (Å²) in [5, 5.41) is 7.66. The van der Waals surface area contributed by atoms with E-state index >= 15 is 0 Å². The summed E-state index contributed by atoms with van der Waals surface area (Å²) in [5.74, 6) is -2.74. The maximum absolute atomic E-state index is 11.9. The van der Waals surface area contributed by atoms with Gasteiger partial charge in [0, 0.05) is 13.0 Å². The lowest BCUT2D eigenvalue weighted by molar-refractivity contribution is 0.00403. The third kappa shape index (κ3) is 3.32. The molecule has 4 heteroatoms. The molecule has 0 aromatic carbocycles. The van der Waals surface area contributed by atoms with Gasteiger partial charge in [0.1, 0.15) is 0 Å². The molecule has 0 radical (unpaired) electrons. The number of hydrogen-bond acceptors (Lipinski definition) is 1. The highest BCUT2D eigenvalue weighted by Gasteiger charge is 2.25. The first-order valence-corrected chi connectivity index (χ1v) is 3.29. The van der Waals surface area contributed by atoms with Crippen molar-refractivity contribution < 1.29 is 13.9 Å². The first-order valence-electron chi connectivity index (χ1n) is 2.17. The predicted molar refractivity (Wildman–Crippen MR) is 30.4 cm³/mol. The van der Waals surface area contributed by atoms with Crippen LogP contribution < -0.4 is 0 Å². The van der Waals surface area contributed by atoms with Gasteiger partial charge in [0.05, 0.1) is 5.33 Å². The lowest BCUT2D eigenvalue weighted by atomic mass is 10.3. The van der Waals surface area contributed by atoms with E-state index in [0.29, 0.717) is 0 Å². The minimum atomic E-state index is -2.74. The number of aliphatic hydroxyl groups excluding tert-OH is 1. The molecule has 0 aromatic rings. The summed E-state index contributed by atoms with van der Waals surface area (Å²) < 4.78 is 23.9. The highest BCUT2D eigenvalue weighted by Crippen LogP contribution is 2.19. The molecule has 0 heterocycles. The Balaban J connectivity index is 3.37. The fourth-order valence-electron chi connectivity index (χ4n) is 0.230. The van der Waals surface area contributed by atoms with E-state index in [1.165, 1.54) is 0 Å². The van der Waals surface area contributed by atoms with E-state index < -0.39 is 19.0 Å². The summed E-state index contributed by atoms with van der Waals surface area (Å²) in [6.07, 6.45) is -0.460. The van der Waals surface area contributed by atoms with Crippen LogP contribution in [0.5, 0.6) is 0 Å².